The SMILES string of the molecule is CCc1ccc2cc3ccccc3cc2c1-c1c(C)ccc2cc3ccccc3cc12. The third-order valence-electron chi connectivity index (χ3n) is 6.70. The van der Waals surface area contributed by atoms with Crippen LogP contribution in [0.4, 0.5) is 0 Å². The zero-order valence-corrected chi connectivity index (χ0v) is 17.9. The summed E-state index contributed by atoms with van der Waals surface area (Å²) in [6.45, 7) is 4.52. The topological polar surface area (TPSA) is 0 Å². The number of fused-ring (bicyclic) bond motifs is 4. The first-order chi connectivity index (χ1) is 15.2. The van der Waals surface area contributed by atoms with Gasteiger partial charge in [-0.05, 0) is 103 Å². The Kier molecular flexibility index (Phi) is 4.07. The third kappa shape index (κ3) is 2.83. The molecule has 0 heteroatoms. The highest BCUT2D eigenvalue weighted by Crippen LogP contribution is 2.41. The second kappa shape index (κ2) is 6.96. The zero-order chi connectivity index (χ0) is 20.9. The van der Waals surface area contributed by atoms with Gasteiger partial charge in [0.05, 0.1) is 0 Å². The van der Waals surface area contributed by atoms with Gasteiger partial charge in [0, 0.05) is 0 Å². The van der Waals surface area contributed by atoms with Gasteiger partial charge in [-0.1, -0.05) is 79.7 Å². The summed E-state index contributed by atoms with van der Waals surface area (Å²) < 4.78 is 0. The fourth-order valence-corrected chi connectivity index (χ4v) is 5.10. The van der Waals surface area contributed by atoms with Crippen LogP contribution in [-0.2, 0) is 6.42 Å². The van der Waals surface area contributed by atoms with E-state index >= 15 is 0 Å². The van der Waals surface area contributed by atoms with E-state index in [1.807, 2.05) is 0 Å². The first-order valence-corrected chi connectivity index (χ1v) is 11.1. The van der Waals surface area contributed by atoms with E-state index in [0.717, 1.165) is 6.42 Å². The fraction of sp³-hybridized carbons (Fsp3) is 0.0968. The van der Waals surface area contributed by atoms with Crippen molar-refractivity contribution in [1.82, 2.24) is 0 Å². The molecule has 0 aliphatic heterocycles. The molecule has 0 heterocycles. The zero-order valence-electron chi connectivity index (χ0n) is 17.9. The highest BCUT2D eigenvalue weighted by atomic mass is 14.2. The molecule has 0 amide bonds. The highest BCUT2D eigenvalue weighted by molar-refractivity contribution is 6.13. The maximum absolute atomic E-state index is 2.39. The van der Waals surface area contributed by atoms with Gasteiger partial charge in [-0.3, -0.25) is 0 Å². The normalized spacial score (nSPS) is 11.7. The molecule has 0 aliphatic rings. The van der Waals surface area contributed by atoms with Crippen molar-refractivity contribution in [3.63, 3.8) is 0 Å². The van der Waals surface area contributed by atoms with Gasteiger partial charge in [0.1, 0.15) is 0 Å². The smallest absolute Gasteiger partial charge is 0.00643 e. The van der Waals surface area contributed by atoms with Gasteiger partial charge in [-0.2, -0.15) is 0 Å². The van der Waals surface area contributed by atoms with Crippen molar-refractivity contribution in [3.8, 4) is 11.1 Å². The lowest BCUT2D eigenvalue weighted by Gasteiger charge is -2.18. The Bertz CT molecular complexity index is 1620. The molecule has 0 atom stereocenters. The van der Waals surface area contributed by atoms with E-state index < -0.39 is 0 Å². The lowest BCUT2D eigenvalue weighted by atomic mass is 9.85. The average molecular weight is 397 g/mol. The van der Waals surface area contributed by atoms with Crippen molar-refractivity contribution < 1.29 is 0 Å². The summed E-state index contributed by atoms with van der Waals surface area (Å²) >= 11 is 0. The van der Waals surface area contributed by atoms with Crippen LogP contribution in [0.3, 0.4) is 0 Å². The quantitative estimate of drug-likeness (QED) is 0.256. The molecule has 0 saturated carbocycles. The van der Waals surface area contributed by atoms with Crippen LogP contribution in [0.25, 0.3) is 54.2 Å². The second-order valence-corrected chi connectivity index (χ2v) is 8.55. The Morgan fingerprint density at radius 2 is 0.968 bits per heavy atom. The molecule has 6 aromatic rings. The lowest BCUT2D eigenvalue weighted by Crippen LogP contribution is -1.94. The summed E-state index contributed by atoms with van der Waals surface area (Å²) in [5.41, 5.74) is 5.51. The molecule has 0 bridgehead atoms. The average Bonchev–Trinajstić information content (AvgIpc) is 2.81. The molecular weight excluding hydrogens is 372 g/mol. The third-order valence-corrected chi connectivity index (χ3v) is 6.70. The summed E-state index contributed by atoms with van der Waals surface area (Å²) in [6.07, 6.45) is 1.02. The van der Waals surface area contributed by atoms with Gasteiger partial charge in [0.15, 0.2) is 0 Å². The van der Waals surface area contributed by atoms with Gasteiger partial charge < -0.3 is 0 Å². The first kappa shape index (κ1) is 18.2. The Morgan fingerprint density at radius 1 is 0.484 bits per heavy atom. The van der Waals surface area contributed by atoms with E-state index in [2.05, 4.69) is 111 Å². The Morgan fingerprint density at radius 3 is 1.52 bits per heavy atom. The highest BCUT2D eigenvalue weighted by Gasteiger charge is 2.16. The predicted octanol–water partition coefficient (Wildman–Crippen LogP) is 8.84. The minimum Gasteiger partial charge on any atom is -0.0616 e. The van der Waals surface area contributed by atoms with Gasteiger partial charge in [-0.15, -0.1) is 0 Å². The molecule has 31 heavy (non-hydrogen) atoms. The summed E-state index contributed by atoms with van der Waals surface area (Å²) in [5, 5.41) is 10.5. The summed E-state index contributed by atoms with van der Waals surface area (Å²) in [4.78, 5) is 0. The van der Waals surface area contributed by atoms with Crippen molar-refractivity contribution >= 4 is 43.1 Å². The monoisotopic (exact) mass is 396 g/mol. The molecule has 6 rings (SSSR count). The largest absolute Gasteiger partial charge is 0.0616 e. The summed E-state index contributed by atoms with van der Waals surface area (Å²) in [5.74, 6) is 0. The molecule has 0 unspecified atom stereocenters. The van der Waals surface area contributed by atoms with Crippen LogP contribution in [0.5, 0.6) is 0 Å². The van der Waals surface area contributed by atoms with Gasteiger partial charge in [0.2, 0.25) is 0 Å². The summed E-state index contributed by atoms with van der Waals surface area (Å²) in [6, 6.07) is 36.0. The summed E-state index contributed by atoms with van der Waals surface area (Å²) in [7, 11) is 0. The molecule has 0 nitrogen and oxygen atoms in total. The van der Waals surface area contributed by atoms with Crippen LogP contribution >= 0.6 is 0 Å². The van der Waals surface area contributed by atoms with E-state index in [4.69, 9.17) is 0 Å². The molecule has 0 fully saturated rings. The van der Waals surface area contributed by atoms with Gasteiger partial charge in [-0.25, -0.2) is 0 Å². The molecule has 6 aromatic carbocycles. The van der Waals surface area contributed by atoms with Crippen LogP contribution in [0, 0.1) is 6.92 Å². The van der Waals surface area contributed by atoms with Crippen molar-refractivity contribution in [1.29, 1.82) is 0 Å². The van der Waals surface area contributed by atoms with Crippen LogP contribution in [0.1, 0.15) is 18.1 Å². The molecule has 0 radical (unpaired) electrons. The number of hydrogen-bond donors (Lipinski definition) is 0. The molecule has 0 N–H and O–H groups in total. The Balaban J connectivity index is 1.79. The fourth-order valence-electron chi connectivity index (χ4n) is 5.10. The van der Waals surface area contributed by atoms with Crippen molar-refractivity contribution in [2.45, 2.75) is 20.3 Å². The van der Waals surface area contributed by atoms with Crippen LogP contribution in [0.2, 0.25) is 0 Å². The second-order valence-electron chi connectivity index (χ2n) is 8.55. The molecule has 0 saturated heterocycles. The Hall–Kier alpha value is -3.64. The van der Waals surface area contributed by atoms with E-state index in [1.54, 1.807) is 0 Å². The van der Waals surface area contributed by atoms with Crippen molar-refractivity contribution in [3.05, 3.63) is 108 Å². The van der Waals surface area contributed by atoms with E-state index in [0.29, 0.717) is 0 Å². The van der Waals surface area contributed by atoms with Crippen LogP contribution in [0.15, 0.2) is 97.1 Å². The lowest BCUT2D eigenvalue weighted by molar-refractivity contribution is 1.15. The molecule has 0 aliphatic carbocycles. The van der Waals surface area contributed by atoms with Gasteiger partial charge in [0.25, 0.3) is 0 Å². The minimum atomic E-state index is 1.02. The van der Waals surface area contributed by atoms with E-state index in [1.165, 1.54) is 65.3 Å². The number of hydrogen-bond acceptors (Lipinski definition) is 0. The molecule has 0 spiro atoms. The maximum Gasteiger partial charge on any atom is -0.00643 e. The molecule has 0 aromatic heterocycles. The van der Waals surface area contributed by atoms with Crippen molar-refractivity contribution in [2.24, 2.45) is 0 Å². The number of aryl methyl sites for hydroxylation is 2. The Labute approximate surface area is 182 Å². The predicted molar refractivity (Wildman–Crippen MR) is 136 cm³/mol. The maximum atomic E-state index is 2.39. The molecular formula is C31H24. The van der Waals surface area contributed by atoms with Crippen LogP contribution < -0.4 is 0 Å². The minimum absolute atomic E-state index is 1.02. The van der Waals surface area contributed by atoms with E-state index in [-0.39, 0.29) is 0 Å². The number of rotatable bonds is 2. The van der Waals surface area contributed by atoms with Crippen molar-refractivity contribution in [2.75, 3.05) is 0 Å². The van der Waals surface area contributed by atoms with Crippen LogP contribution in [-0.4, -0.2) is 0 Å². The van der Waals surface area contributed by atoms with Gasteiger partial charge >= 0.3 is 0 Å². The molecule has 148 valence electrons. The standard InChI is InChI=1S/C31H24/c1-3-21-14-15-27-17-23-9-5-7-11-25(23)19-29(27)31(21)30-20(2)12-13-26-16-22-8-4-6-10-24(22)18-28(26)30/h4-19H,3H2,1-2H3. The number of benzene rings is 6. The first-order valence-electron chi connectivity index (χ1n) is 11.1. The van der Waals surface area contributed by atoms with E-state index in [9.17, 15) is 0 Å².